The zero-order valence-corrected chi connectivity index (χ0v) is 10.3. The third-order valence-electron chi connectivity index (χ3n) is 1.89. The fraction of sp³-hybridized carbons (Fsp3) is 0.300. The van der Waals surface area contributed by atoms with Gasteiger partial charge >= 0.3 is 5.51 Å². The Kier molecular flexibility index (Phi) is 4.32. The quantitative estimate of drug-likeness (QED) is 0.398. The first-order valence-electron chi connectivity index (χ1n) is 4.54. The Balaban J connectivity index is 3.07. The Morgan fingerprint density at radius 3 is 2.53 bits per heavy atom. The molecule has 0 radical (unpaired) electrons. The number of nitrogens with two attached hydrogens (primary N) is 1. The highest BCUT2D eigenvalue weighted by atomic mass is 35.5. The summed E-state index contributed by atoms with van der Waals surface area (Å²) in [6.07, 6.45) is 0. The molecule has 0 fully saturated rings. The van der Waals surface area contributed by atoms with Crippen LogP contribution >= 0.6 is 23.4 Å². The average molecular weight is 284 g/mol. The molecule has 0 aliphatic carbocycles. The normalized spacial score (nSPS) is 13.5. The molecule has 0 saturated heterocycles. The molecule has 0 saturated carbocycles. The third kappa shape index (κ3) is 4.12. The number of Topliss-reactive ketones (excluding diaryl/α,β-unsaturated/α-hetero) is 1. The van der Waals surface area contributed by atoms with E-state index in [-0.39, 0.29) is 27.9 Å². The van der Waals surface area contributed by atoms with Gasteiger partial charge in [0.05, 0.1) is 5.38 Å². The first kappa shape index (κ1) is 14.2. The van der Waals surface area contributed by atoms with E-state index in [0.717, 1.165) is 6.07 Å². The molecule has 0 spiro atoms. The maximum absolute atomic E-state index is 12.2. The van der Waals surface area contributed by atoms with E-state index in [1.165, 1.54) is 19.1 Å². The molecule has 2 nitrogen and oxygen atoms in total. The van der Waals surface area contributed by atoms with Crippen molar-refractivity contribution in [1.29, 1.82) is 0 Å². The summed E-state index contributed by atoms with van der Waals surface area (Å²) < 4.78 is 36.5. The number of carbonyl (C=O) groups excluding carboxylic acids is 1. The second-order valence-electron chi connectivity index (χ2n) is 3.28. The molecule has 0 amide bonds. The lowest BCUT2D eigenvalue weighted by atomic mass is 10.1. The van der Waals surface area contributed by atoms with Crippen molar-refractivity contribution in [3.8, 4) is 0 Å². The highest BCUT2D eigenvalue weighted by molar-refractivity contribution is 8.00. The van der Waals surface area contributed by atoms with Gasteiger partial charge in [-0.2, -0.15) is 13.2 Å². The van der Waals surface area contributed by atoms with Gasteiger partial charge in [-0.1, -0.05) is 0 Å². The van der Waals surface area contributed by atoms with E-state index in [0.29, 0.717) is 0 Å². The first-order chi connectivity index (χ1) is 7.70. The molecule has 7 heteroatoms. The molecule has 1 aromatic carbocycles. The number of benzene rings is 1. The van der Waals surface area contributed by atoms with Crippen molar-refractivity contribution in [2.45, 2.75) is 22.7 Å². The predicted octanol–water partition coefficient (Wildman–Crippen LogP) is 3.69. The summed E-state index contributed by atoms with van der Waals surface area (Å²) >= 11 is 5.29. The number of ketones is 1. The summed E-state index contributed by atoms with van der Waals surface area (Å²) in [7, 11) is 0. The van der Waals surface area contributed by atoms with Crippen LogP contribution in [0.3, 0.4) is 0 Å². The van der Waals surface area contributed by atoms with Crippen LogP contribution < -0.4 is 5.73 Å². The Labute approximate surface area is 105 Å². The molecule has 0 aliphatic rings. The summed E-state index contributed by atoms with van der Waals surface area (Å²) in [6, 6.07) is 3.58. The van der Waals surface area contributed by atoms with Gasteiger partial charge in [0.1, 0.15) is 0 Å². The van der Waals surface area contributed by atoms with Crippen molar-refractivity contribution < 1.29 is 18.0 Å². The van der Waals surface area contributed by atoms with E-state index < -0.39 is 16.7 Å². The van der Waals surface area contributed by atoms with Crippen molar-refractivity contribution in [3.63, 3.8) is 0 Å². The van der Waals surface area contributed by atoms with Crippen LogP contribution in [0.1, 0.15) is 17.3 Å². The predicted molar refractivity (Wildman–Crippen MR) is 62.4 cm³/mol. The van der Waals surface area contributed by atoms with Crippen LogP contribution in [0.4, 0.5) is 18.9 Å². The van der Waals surface area contributed by atoms with Crippen LogP contribution in [-0.4, -0.2) is 16.7 Å². The van der Waals surface area contributed by atoms with E-state index >= 15 is 0 Å². The van der Waals surface area contributed by atoms with Crippen LogP contribution in [0, 0.1) is 0 Å². The molecule has 0 aliphatic heterocycles. The molecule has 1 rings (SSSR count). The number of nitrogen functional groups attached to an aromatic ring is 1. The van der Waals surface area contributed by atoms with E-state index in [1.54, 1.807) is 0 Å². The van der Waals surface area contributed by atoms with Gasteiger partial charge in [-0.15, -0.1) is 11.6 Å². The lowest BCUT2D eigenvalue weighted by molar-refractivity contribution is -0.0328. The molecule has 1 atom stereocenters. The van der Waals surface area contributed by atoms with Crippen molar-refractivity contribution in [3.05, 3.63) is 23.8 Å². The summed E-state index contributed by atoms with van der Waals surface area (Å²) in [5.74, 6) is -0.492. The Hall–Kier alpha value is -0.880. The van der Waals surface area contributed by atoms with Gasteiger partial charge in [0, 0.05) is 16.1 Å². The van der Waals surface area contributed by atoms with E-state index in [4.69, 9.17) is 17.3 Å². The van der Waals surface area contributed by atoms with Crippen LogP contribution in [0.5, 0.6) is 0 Å². The topological polar surface area (TPSA) is 43.1 Å². The zero-order valence-electron chi connectivity index (χ0n) is 8.72. The Morgan fingerprint density at radius 2 is 2.06 bits per heavy atom. The average Bonchev–Trinajstić information content (AvgIpc) is 2.17. The molecule has 0 aromatic heterocycles. The van der Waals surface area contributed by atoms with Crippen LogP contribution in [0.25, 0.3) is 0 Å². The number of hydrogen-bond acceptors (Lipinski definition) is 3. The number of thioether (sulfide) groups is 1. The third-order valence-corrected chi connectivity index (χ3v) is 2.80. The summed E-state index contributed by atoms with van der Waals surface area (Å²) in [5.41, 5.74) is 1.26. The van der Waals surface area contributed by atoms with Gasteiger partial charge in [-0.25, -0.2) is 0 Å². The molecule has 0 heterocycles. The minimum absolute atomic E-state index is 0.0155. The number of rotatable bonds is 3. The second-order valence-corrected chi connectivity index (χ2v) is 5.07. The molecule has 17 heavy (non-hydrogen) atoms. The highest BCUT2D eigenvalue weighted by Gasteiger charge is 2.29. The Bertz CT molecular complexity index is 434. The van der Waals surface area contributed by atoms with Crippen molar-refractivity contribution >= 4 is 34.8 Å². The lowest BCUT2D eigenvalue weighted by Gasteiger charge is -2.10. The van der Waals surface area contributed by atoms with Crippen molar-refractivity contribution in [2.75, 3.05) is 5.73 Å². The number of halogens is 4. The monoisotopic (exact) mass is 283 g/mol. The zero-order chi connectivity index (χ0) is 13.2. The molecule has 0 bridgehead atoms. The standard InChI is InChI=1S/C10H9ClF3NOS/c1-5(11)9(16)7-4-6(2-3-8(7)15)17-10(12,13)14/h2-5H,15H2,1H3. The molecule has 1 aromatic rings. The van der Waals surface area contributed by atoms with E-state index in [9.17, 15) is 18.0 Å². The van der Waals surface area contributed by atoms with Gasteiger partial charge in [0.2, 0.25) is 0 Å². The summed E-state index contributed by atoms with van der Waals surface area (Å²) in [6.45, 7) is 1.44. The van der Waals surface area contributed by atoms with Crippen LogP contribution in [-0.2, 0) is 0 Å². The minimum Gasteiger partial charge on any atom is -0.398 e. The number of anilines is 1. The van der Waals surface area contributed by atoms with Gasteiger partial charge < -0.3 is 5.73 Å². The Morgan fingerprint density at radius 1 is 1.47 bits per heavy atom. The lowest BCUT2D eigenvalue weighted by Crippen LogP contribution is -2.13. The maximum Gasteiger partial charge on any atom is 0.446 e. The van der Waals surface area contributed by atoms with Gasteiger partial charge in [-0.05, 0) is 36.9 Å². The van der Waals surface area contributed by atoms with Gasteiger partial charge in [-0.3, -0.25) is 4.79 Å². The molecular formula is C10H9ClF3NOS. The van der Waals surface area contributed by atoms with Crippen LogP contribution in [0.15, 0.2) is 23.1 Å². The van der Waals surface area contributed by atoms with Crippen LogP contribution in [0.2, 0.25) is 0 Å². The fourth-order valence-electron chi connectivity index (χ4n) is 1.16. The number of carbonyl (C=O) groups is 1. The smallest absolute Gasteiger partial charge is 0.398 e. The van der Waals surface area contributed by atoms with Gasteiger partial charge in [0.15, 0.2) is 5.78 Å². The molecular weight excluding hydrogens is 275 g/mol. The summed E-state index contributed by atoms with van der Waals surface area (Å²) in [5, 5.41) is -0.830. The van der Waals surface area contributed by atoms with E-state index in [1.807, 2.05) is 0 Å². The highest BCUT2D eigenvalue weighted by Crippen LogP contribution is 2.37. The fourth-order valence-corrected chi connectivity index (χ4v) is 1.86. The second kappa shape index (κ2) is 5.18. The molecule has 1 unspecified atom stereocenters. The SMILES string of the molecule is CC(Cl)C(=O)c1cc(SC(F)(F)F)ccc1N. The molecule has 94 valence electrons. The first-order valence-corrected chi connectivity index (χ1v) is 5.79. The maximum atomic E-state index is 12.2. The number of hydrogen-bond donors (Lipinski definition) is 1. The summed E-state index contributed by atoms with van der Waals surface area (Å²) in [4.78, 5) is 11.5. The molecule has 2 N–H and O–H groups in total. The van der Waals surface area contributed by atoms with Crippen molar-refractivity contribution in [1.82, 2.24) is 0 Å². The largest absolute Gasteiger partial charge is 0.446 e. The minimum atomic E-state index is -4.40. The van der Waals surface area contributed by atoms with Crippen molar-refractivity contribution in [2.24, 2.45) is 0 Å². The van der Waals surface area contributed by atoms with Gasteiger partial charge in [0.25, 0.3) is 0 Å². The number of alkyl halides is 4. The van der Waals surface area contributed by atoms with E-state index in [2.05, 4.69) is 0 Å².